The van der Waals surface area contributed by atoms with Gasteiger partial charge in [0.1, 0.15) is 11.3 Å². The SMILES string of the molecule is CCCc1ccc2c(c1)C(C)(C)c1ccccc1-2.Cc1ccc(-c2ccc3oc4c(c3c2)C=CCC4)cc1.Cc1ccc(-n2c3c(c4ccccc42)CCC=C3)cc1. The van der Waals surface area contributed by atoms with Gasteiger partial charge in [-0.05, 0) is 120 Å². The van der Waals surface area contributed by atoms with Crippen LogP contribution in [-0.2, 0) is 24.7 Å². The quantitative estimate of drug-likeness (QED) is 0.175. The van der Waals surface area contributed by atoms with E-state index >= 15 is 0 Å². The molecule has 3 aliphatic rings. The molecule has 0 N–H and O–H groups in total. The van der Waals surface area contributed by atoms with Gasteiger partial charge in [0, 0.05) is 39.6 Å². The highest BCUT2D eigenvalue weighted by atomic mass is 16.3. The summed E-state index contributed by atoms with van der Waals surface area (Å²) in [6.07, 6.45) is 15.8. The number of allylic oxidation sites excluding steroid dienone is 2. The first-order chi connectivity index (χ1) is 28.3. The van der Waals surface area contributed by atoms with Gasteiger partial charge in [-0.25, -0.2) is 0 Å². The molecule has 2 nitrogen and oxygen atoms in total. The van der Waals surface area contributed by atoms with Crippen LogP contribution in [-0.4, -0.2) is 4.57 Å². The molecule has 3 aliphatic carbocycles. The standard InChI is InChI=1S/C19H17N.C19H16O.C18H20/c1-14-10-12-15(13-11-14)20-18-8-4-2-6-16(18)17-7-3-5-9-19(17)20;1-13-6-8-14(9-7-13)15-10-11-19-17(12-15)16-4-2-3-5-18(16)20-19;1-4-7-13-10-11-15-14-8-5-6-9-16(14)18(2,3)17(15)12-13/h2,4-6,8-13H,3,7H2,1H3;2,4,6-12H,3,5H2,1H3;5-6,8-12H,4,7H2,1-3H3. The van der Waals surface area contributed by atoms with Crippen molar-refractivity contribution >= 4 is 34.0 Å². The molecule has 0 unspecified atom stereocenters. The number of aromatic nitrogens is 1. The molecule has 0 bridgehead atoms. The molecular formula is C56H53NO. The Kier molecular flexibility index (Phi) is 10.1. The molecule has 0 spiro atoms. The van der Waals surface area contributed by atoms with Gasteiger partial charge in [-0.1, -0.05) is 160 Å². The van der Waals surface area contributed by atoms with Crippen LogP contribution in [0.5, 0.6) is 0 Å². The molecule has 0 saturated heterocycles. The first-order valence-corrected chi connectivity index (χ1v) is 21.2. The number of rotatable bonds is 4. The minimum Gasteiger partial charge on any atom is -0.460 e. The Balaban J connectivity index is 0.000000113. The van der Waals surface area contributed by atoms with E-state index in [1.54, 1.807) is 0 Å². The van der Waals surface area contributed by atoms with Crippen LogP contribution < -0.4 is 0 Å². The van der Waals surface area contributed by atoms with Gasteiger partial charge in [-0.2, -0.15) is 0 Å². The summed E-state index contributed by atoms with van der Waals surface area (Å²) in [6.45, 7) is 11.2. The van der Waals surface area contributed by atoms with E-state index in [2.05, 4.69) is 197 Å². The fourth-order valence-corrected chi connectivity index (χ4v) is 9.23. The van der Waals surface area contributed by atoms with Crippen LogP contribution in [0.1, 0.15) is 90.4 Å². The molecular weight excluding hydrogens is 703 g/mol. The fourth-order valence-electron chi connectivity index (χ4n) is 9.23. The maximum atomic E-state index is 5.95. The van der Waals surface area contributed by atoms with Crippen LogP contribution in [0.15, 0.2) is 150 Å². The van der Waals surface area contributed by atoms with Gasteiger partial charge in [-0.3, -0.25) is 0 Å². The zero-order valence-electron chi connectivity index (χ0n) is 34.6. The number of hydrogen-bond acceptors (Lipinski definition) is 1. The van der Waals surface area contributed by atoms with E-state index in [0.29, 0.717) is 0 Å². The topological polar surface area (TPSA) is 18.1 Å². The summed E-state index contributed by atoms with van der Waals surface area (Å²) < 4.78 is 8.34. The molecule has 0 saturated carbocycles. The van der Waals surface area contributed by atoms with Crippen LogP contribution in [0.4, 0.5) is 0 Å². The molecule has 0 amide bonds. The van der Waals surface area contributed by atoms with Crippen LogP contribution in [0, 0.1) is 13.8 Å². The summed E-state index contributed by atoms with van der Waals surface area (Å²) >= 11 is 0. The molecule has 0 fully saturated rings. The van der Waals surface area contributed by atoms with Crippen molar-refractivity contribution in [3.05, 3.63) is 196 Å². The lowest BCUT2D eigenvalue weighted by Crippen LogP contribution is -2.15. The minimum atomic E-state index is 0.148. The fraction of sp³-hybridized carbons (Fsp3) is 0.214. The first kappa shape index (κ1) is 37.5. The van der Waals surface area contributed by atoms with E-state index in [-0.39, 0.29) is 5.41 Å². The van der Waals surface area contributed by atoms with Crippen molar-refractivity contribution in [3.8, 4) is 27.9 Å². The van der Waals surface area contributed by atoms with Crippen LogP contribution in [0.25, 0.3) is 62.0 Å². The van der Waals surface area contributed by atoms with Crippen molar-refractivity contribution in [3.63, 3.8) is 0 Å². The van der Waals surface area contributed by atoms with E-state index in [9.17, 15) is 0 Å². The molecule has 2 aromatic heterocycles. The van der Waals surface area contributed by atoms with E-state index < -0.39 is 0 Å². The molecule has 2 heteroatoms. The third kappa shape index (κ3) is 6.96. The predicted molar refractivity (Wildman–Crippen MR) is 247 cm³/mol. The number of nitrogens with zero attached hydrogens (tertiary/aromatic N) is 1. The summed E-state index contributed by atoms with van der Waals surface area (Å²) in [6, 6.07) is 48.5. The number of fused-ring (bicyclic) bond motifs is 9. The summed E-state index contributed by atoms with van der Waals surface area (Å²) in [5.74, 6) is 1.13. The molecule has 11 rings (SSSR count). The highest BCUT2D eigenvalue weighted by molar-refractivity contribution is 5.93. The highest BCUT2D eigenvalue weighted by Crippen LogP contribution is 2.48. The van der Waals surface area contributed by atoms with Crippen molar-refractivity contribution in [1.82, 2.24) is 4.57 Å². The monoisotopic (exact) mass is 755 g/mol. The van der Waals surface area contributed by atoms with Gasteiger partial charge in [0.05, 0.1) is 5.52 Å². The van der Waals surface area contributed by atoms with Crippen LogP contribution >= 0.6 is 0 Å². The Morgan fingerprint density at radius 2 is 1.31 bits per heavy atom. The lowest BCUT2D eigenvalue weighted by atomic mass is 9.82. The molecule has 288 valence electrons. The Morgan fingerprint density at radius 1 is 0.621 bits per heavy atom. The van der Waals surface area contributed by atoms with Gasteiger partial charge >= 0.3 is 0 Å². The van der Waals surface area contributed by atoms with E-state index in [0.717, 1.165) is 37.0 Å². The largest absolute Gasteiger partial charge is 0.460 e. The molecule has 58 heavy (non-hydrogen) atoms. The zero-order chi connectivity index (χ0) is 39.8. The minimum absolute atomic E-state index is 0.148. The van der Waals surface area contributed by atoms with Crippen molar-refractivity contribution in [1.29, 1.82) is 0 Å². The lowest BCUT2D eigenvalue weighted by molar-refractivity contribution is 0.546. The Morgan fingerprint density at radius 3 is 2.12 bits per heavy atom. The summed E-state index contributed by atoms with van der Waals surface area (Å²) in [4.78, 5) is 0. The summed E-state index contributed by atoms with van der Waals surface area (Å²) in [5, 5.41) is 2.63. The number of furan rings is 1. The van der Waals surface area contributed by atoms with Crippen molar-refractivity contribution in [2.45, 2.75) is 78.6 Å². The Hall–Kier alpha value is -6.12. The van der Waals surface area contributed by atoms with E-state index in [1.165, 1.54) is 102 Å². The summed E-state index contributed by atoms with van der Waals surface area (Å²) in [7, 11) is 0. The third-order valence-electron chi connectivity index (χ3n) is 12.3. The third-order valence-corrected chi connectivity index (χ3v) is 12.3. The molecule has 0 atom stereocenters. The molecule has 0 aliphatic heterocycles. The van der Waals surface area contributed by atoms with Gasteiger partial charge in [0.25, 0.3) is 0 Å². The summed E-state index contributed by atoms with van der Waals surface area (Å²) in [5.41, 5.74) is 20.2. The lowest BCUT2D eigenvalue weighted by Gasteiger charge is -2.21. The molecule has 6 aromatic carbocycles. The molecule has 2 heterocycles. The van der Waals surface area contributed by atoms with Gasteiger partial charge in [-0.15, -0.1) is 0 Å². The smallest absolute Gasteiger partial charge is 0.134 e. The Labute approximate surface area is 344 Å². The predicted octanol–water partition coefficient (Wildman–Crippen LogP) is 15.2. The molecule has 8 aromatic rings. The second-order valence-electron chi connectivity index (χ2n) is 16.8. The van der Waals surface area contributed by atoms with Crippen molar-refractivity contribution in [2.24, 2.45) is 0 Å². The van der Waals surface area contributed by atoms with Gasteiger partial charge in [0.2, 0.25) is 0 Å². The Bertz CT molecular complexity index is 2820. The normalized spacial score (nSPS) is 14.2. The van der Waals surface area contributed by atoms with Crippen molar-refractivity contribution in [2.75, 3.05) is 0 Å². The number of para-hydroxylation sites is 1. The number of aryl methyl sites for hydroxylation is 5. The van der Waals surface area contributed by atoms with E-state index in [1.807, 2.05) is 0 Å². The second kappa shape index (κ2) is 15.7. The van der Waals surface area contributed by atoms with Gasteiger partial charge in [0.15, 0.2) is 0 Å². The first-order valence-electron chi connectivity index (χ1n) is 21.2. The highest BCUT2D eigenvalue weighted by Gasteiger charge is 2.35. The average molecular weight is 756 g/mol. The second-order valence-corrected chi connectivity index (χ2v) is 16.8. The van der Waals surface area contributed by atoms with E-state index in [4.69, 9.17) is 4.42 Å². The maximum absolute atomic E-state index is 5.95. The van der Waals surface area contributed by atoms with Crippen LogP contribution in [0.3, 0.4) is 0 Å². The number of hydrogen-bond donors (Lipinski definition) is 0. The maximum Gasteiger partial charge on any atom is 0.134 e. The van der Waals surface area contributed by atoms with Gasteiger partial charge < -0.3 is 8.98 Å². The average Bonchev–Trinajstić information content (AvgIpc) is 3.87. The molecule has 0 radical (unpaired) electrons. The van der Waals surface area contributed by atoms with Crippen molar-refractivity contribution < 1.29 is 4.42 Å². The van der Waals surface area contributed by atoms with Crippen LogP contribution in [0.2, 0.25) is 0 Å². The number of benzene rings is 6. The zero-order valence-corrected chi connectivity index (χ0v) is 34.6.